The van der Waals surface area contributed by atoms with Gasteiger partial charge in [-0.05, 0) is 0 Å². The van der Waals surface area contributed by atoms with Crippen LogP contribution in [0.25, 0.3) is 0 Å². The van der Waals surface area contributed by atoms with Gasteiger partial charge in [-0.1, -0.05) is 0 Å². The Hall–Kier alpha value is -3.40. The quantitative estimate of drug-likeness (QED) is 0.0898. The second-order valence-corrected chi connectivity index (χ2v) is 26.1. The van der Waals surface area contributed by atoms with Crippen LogP contribution in [0.2, 0.25) is 0 Å². The van der Waals surface area contributed by atoms with E-state index in [2.05, 4.69) is 197 Å². The normalized spacial score (nSPS) is 13.8. The van der Waals surface area contributed by atoms with Gasteiger partial charge in [-0.3, -0.25) is 0 Å². The first kappa shape index (κ1) is 48.3. The molecule has 0 spiro atoms. The van der Waals surface area contributed by atoms with Crippen LogP contribution in [-0.2, 0) is 37.7 Å². The molecule has 6 aromatic rings. The molecule has 1 aliphatic rings. The van der Waals surface area contributed by atoms with E-state index < -0.39 is 24.3 Å². The number of halogens is 3. The summed E-state index contributed by atoms with van der Waals surface area (Å²) >= 11 is -0.686. The third-order valence-electron chi connectivity index (χ3n) is 12.1. The third kappa shape index (κ3) is 10.9. The van der Waals surface area contributed by atoms with Crippen molar-refractivity contribution in [1.82, 2.24) is 0 Å². The van der Waals surface area contributed by atoms with Crippen molar-refractivity contribution in [2.75, 3.05) is 0 Å². The Morgan fingerprint density at radius 3 is 0.966 bits per heavy atom. The third-order valence-corrected chi connectivity index (χ3v) is 24.6. The zero-order valence-electron chi connectivity index (χ0n) is 36.5. The summed E-state index contributed by atoms with van der Waals surface area (Å²) in [7, 11) is 0. The van der Waals surface area contributed by atoms with Crippen LogP contribution >= 0.6 is 37.2 Å². The SMILES string of the molecule is CC1=C(C)C(C)[C]([Ti][Si](c2cccc(Cc3cc(C)cc(C)c3)c2)(c2cccc(Cc3cc(C)cc(C)c3)c2)c2cccc(Cc3cc(C)cc(C)c3)c2)=C1C.Cl.Cl.Cl. The van der Waals surface area contributed by atoms with Gasteiger partial charge in [-0.15, -0.1) is 37.2 Å². The van der Waals surface area contributed by atoms with Gasteiger partial charge in [0.2, 0.25) is 0 Å². The topological polar surface area (TPSA) is 0 Å². The summed E-state index contributed by atoms with van der Waals surface area (Å²) in [5.74, 6) is -2.12. The second-order valence-electron chi connectivity index (χ2n) is 17.1. The first-order valence-corrected chi connectivity index (χ1v) is 25.6. The number of hydrogen-bond acceptors (Lipinski definition) is 0. The fourth-order valence-corrected chi connectivity index (χ4v) is 22.6. The number of aryl methyl sites for hydroxylation is 6. The van der Waals surface area contributed by atoms with E-state index in [1.54, 1.807) is 30.6 Å². The van der Waals surface area contributed by atoms with Gasteiger partial charge in [-0.25, -0.2) is 0 Å². The van der Waals surface area contributed by atoms with Crippen LogP contribution in [0.1, 0.15) is 94.5 Å². The van der Waals surface area contributed by atoms with Gasteiger partial charge in [0.15, 0.2) is 0 Å². The molecule has 0 bridgehead atoms. The molecule has 0 amide bonds. The fourth-order valence-electron chi connectivity index (χ4n) is 9.45. The Kier molecular flexibility index (Phi) is 16.7. The Morgan fingerprint density at radius 1 is 0.390 bits per heavy atom. The minimum atomic E-state index is -2.60. The molecule has 0 saturated carbocycles. The maximum absolute atomic E-state index is 2.63. The summed E-state index contributed by atoms with van der Waals surface area (Å²) < 4.78 is 1.74. The minimum Gasteiger partial charge on any atom is -0.147 e. The van der Waals surface area contributed by atoms with Crippen LogP contribution in [0.5, 0.6) is 0 Å². The Morgan fingerprint density at radius 2 is 0.695 bits per heavy atom. The van der Waals surface area contributed by atoms with Crippen LogP contribution in [0.4, 0.5) is 0 Å². The van der Waals surface area contributed by atoms with E-state index in [1.807, 2.05) is 0 Å². The monoisotopic (exact) mass is 890 g/mol. The summed E-state index contributed by atoms with van der Waals surface area (Å²) in [4.78, 5) is 0. The summed E-state index contributed by atoms with van der Waals surface area (Å²) in [6, 6.07) is 50.7. The standard InChI is InChI=1S/C45H45Si.C9H13.3ClH.Ti/c1-31-16-32(2)20-40(19-31)25-37-10-7-13-43(28-37)46(44-14-8-11-38(29-44)26-41-21-33(3)17-34(4)22-41)45-15-9-12-39(30-45)27-42-23-35(5)18-36(6)24-42;1-6-5-7(2)9(4)8(6)3;;;;/h7-24,28-30H,25-27H2,1-6H3;6H,1-4H3;3*1H;. The largest absolute Gasteiger partial charge is 0.147 e. The summed E-state index contributed by atoms with van der Waals surface area (Å²) in [6.45, 7) is 23.0. The Labute approximate surface area is 383 Å². The predicted molar refractivity (Wildman–Crippen MR) is 262 cm³/mol. The van der Waals surface area contributed by atoms with E-state index in [9.17, 15) is 0 Å². The fraction of sp³-hybridized carbons (Fsp3) is 0.259. The van der Waals surface area contributed by atoms with E-state index in [0.29, 0.717) is 5.92 Å². The van der Waals surface area contributed by atoms with Gasteiger partial charge in [0.1, 0.15) is 0 Å². The molecular weight excluding hydrogens is 831 g/mol. The van der Waals surface area contributed by atoms with Gasteiger partial charge in [0, 0.05) is 0 Å². The van der Waals surface area contributed by atoms with E-state index in [4.69, 9.17) is 0 Å². The van der Waals surface area contributed by atoms with Crippen molar-refractivity contribution in [2.24, 2.45) is 5.92 Å². The molecule has 5 heteroatoms. The molecule has 7 rings (SSSR count). The van der Waals surface area contributed by atoms with Crippen LogP contribution in [-0.4, -0.2) is 5.94 Å². The van der Waals surface area contributed by atoms with Gasteiger partial charge >= 0.3 is 349 Å². The van der Waals surface area contributed by atoms with Crippen molar-refractivity contribution in [3.8, 4) is 0 Å². The molecule has 306 valence electrons. The number of rotatable bonds is 11. The van der Waals surface area contributed by atoms with Crippen molar-refractivity contribution in [2.45, 2.75) is 88.5 Å². The Bertz CT molecular complexity index is 2220. The Balaban J connectivity index is 0.00000256. The van der Waals surface area contributed by atoms with Gasteiger partial charge in [-0.2, -0.15) is 0 Å². The van der Waals surface area contributed by atoms with Crippen molar-refractivity contribution < 1.29 is 18.4 Å². The van der Waals surface area contributed by atoms with Crippen molar-refractivity contribution >= 4 is 58.7 Å². The maximum Gasteiger partial charge on any atom is -0.147 e. The summed E-state index contributed by atoms with van der Waals surface area (Å²) in [5.41, 5.74) is 21.0. The van der Waals surface area contributed by atoms with E-state index in [0.717, 1.165) is 19.3 Å². The molecule has 0 nitrogen and oxygen atoms in total. The molecule has 0 N–H and O–H groups in total. The van der Waals surface area contributed by atoms with Crippen molar-refractivity contribution in [3.63, 3.8) is 0 Å². The van der Waals surface area contributed by atoms with Crippen LogP contribution < -0.4 is 15.6 Å². The van der Waals surface area contributed by atoms with Crippen LogP contribution in [0.15, 0.2) is 148 Å². The second kappa shape index (κ2) is 20.4. The number of allylic oxidation sites excluding steroid dienone is 4. The molecule has 0 radical (unpaired) electrons. The minimum absolute atomic E-state index is 0. The zero-order chi connectivity index (χ0) is 39.7. The molecular formula is C54H61Cl3SiTi. The molecule has 1 atom stereocenters. The molecule has 0 fully saturated rings. The molecule has 59 heavy (non-hydrogen) atoms. The average molecular weight is 892 g/mol. The number of hydrogen-bond donors (Lipinski definition) is 0. The first-order valence-electron chi connectivity index (χ1n) is 20.4. The molecule has 1 aliphatic carbocycles. The van der Waals surface area contributed by atoms with Crippen molar-refractivity contribution in [1.29, 1.82) is 0 Å². The number of benzene rings is 6. The smallest absolute Gasteiger partial charge is 0.147 e. The molecule has 0 heterocycles. The van der Waals surface area contributed by atoms with Crippen LogP contribution in [0.3, 0.4) is 0 Å². The predicted octanol–water partition coefficient (Wildman–Crippen LogP) is 12.9. The van der Waals surface area contributed by atoms with Gasteiger partial charge in [0.25, 0.3) is 0 Å². The van der Waals surface area contributed by atoms with E-state index in [-0.39, 0.29) is 37.2 Å². The van der Waals surface area contributed by atoms with E-state index >= 15 is 0 Å². The molecule has 0 aliphatic heterocycles. The summed E-state index contributed by atoms with van der Waals surface area (Å²) in [6.07, 6.45) is 2.83. The van der Waals surface area contributed by atoms with Crippen LogP contribution in [0, 0.1) is 47.5 Å². The molecule has 0 aromatic heterocycles. The van der Waals surface area contributed by atoms with Gasteiger partial charge < -0.3 is 0 Å². The van der Waals surface area contributed by atoms with E-state index in [1.165, 1.54) is 72.3 Å². The molecule has 0 saturated heterocycles. The summed E-state index contributed by atoms with van der Waals surface area (Å²) in [5, 5.41) is 4.67. The molecule has 1 unspecified atom stereocenters. The first-order chi connectivity index (χ1) is 26.8. The maximum atomic E-state index is 2.63. The van der Waals surface area contributed by atoms with Gasteiger partial charge in [0.05, 0.1) is 0 Å². The average Bonchev–Trinajstić information content (AvgIpc) is 3.30. The zero-order valence-corrected chi connectivity index (χ0v) is 41.6. The molecule has 6 aromatic carbocycles. The van der Waals surface area contributed by atoms with Crippen molar-refractivity contribution in [3.05, 3.63) is 215 Å².